The normalized spacial score (nSPS) is 26.1. The monoisotopic (exact) mass is 666 g/mol. The number of carbonyl (C=O) groups is 2. The summed E-state index contributed by atoms with van der Waals surface area (Å²) in [5.74, 6) is -0.505. The number of halogens is 1. The lowest BCUT2D eigenvalue weighted by Gasteiger charge is -2.32. The number of ether oxygens (including phenoxy) is 1. The minimum Gasteiger partial charge on any atom is -0.432 e. The van der Waals surface area contributed by atoms with E-state index in [4.69, 9.17) is 16.3 Å². The minimum absolute atomic E-state index is 0.00351. The Labute approximate surface area is 275 Å². The summed E-state index contributed by atoms with van der Waals surface area (Å²) in [4.78, 5) is 40.7. The molecule has 2 amide bonds. The molecule has 3 aliphatic rings. The summed E-state index contributed by atoms with van der Waals surface area (Å²) in [6.07, 6.45) is 4.24. The van der Waals surface area contributed by atoms with Crippen LogP contribution in [0.2, 0.25) is 23.7 Å². The minimum atomic E-state index is -2.83. The first kappa shape index (κ1) is 32.8. The number of benzene rings is 2. The molecule has 0 aliphatic carbocycles. The van der Waals surface area contributed by atoms with Crippen molar-refractivity contribution in [3.8, 4) is 0 Å². The second kappa shape index (κ2) is 13.2. The smallest absolute Gasteiger partial charge is 0.264 e. The van der Waals surface area contributed by atoms with Gasteiger partial charge in [-0.3, -0.25) is 14.3 Å². The van der Waals surface area contributed by atoms with Crippen LogP contribution in [-0.2, 0) is 39.4 Å². The summed E-state index contributed by atoms with van der Waals surface area (Å²) in [5, 5.41) is 24.4. The lowest BCUT2D eigenvalue weighted by molar-refractivity contribution is -0.146. The van der Waals surface area contributed by atoms with Crippen molar-refractivity contribution < 1.29 is 24.2 Å². The molecule has 46 heavy (non-hydrogen) atoms. The molecular formula is C33H43ClN6O5Si. The Morgan fingerprint density at radius 3 is 2.72 bits per heavy atom. The highest BCUT2D eigenvalue weighted by molar-refractivity contribution is 6.71. The number of hydrogen-bond acceptors (Lipinski definition) is 8. The first-order valence-corrected chi connectivity index (χ1v) is 19.5. The Balaban J connectivity index is 1.24. The molecule has 5 atom stereocenters. The van der Waals surface area contributed by atoms with Crippen molar-refractivity contribution in [3.63, 3.8) is 0 Å². The zero-order valence-corrected chi connectivity index (χ0v) is 28.3. The molecule has 4 N–H and O–H groups in total. The van der Waals surface area contributed by atoms with Crippen LogP contribution in [0.4, 0.5) is 11.4 Å². The maximum absolute atomic E-state index is 14.6. The van der Waals surface area contributed by atoms with Gasteiger partial charge in [-0.05, 0) is 74.8 Å². The number of carbonyl (C=O) groups excluding carboxylic acids is 2. The van der Waals surface area contributed by atoms with Gasteiger partial charge in [-0.25, -0.2) is 0 Å². The van der Waals surface area contributed by atoms with Gasteiger partial charge in [0.15, 0.2) is 13.9 Å². The molecule has 1 aromatic heterocycles. The molecule has 2 fully saturated rings. The number of piperidine rings is 1. The summed E-state index contributed by atoms with van der Waals surface area (Å²) in [5.41, 5.74) is 2.27. The molecular weight excluding hydrogens is 624 g/mol. The zero-order chi connectivity index (χ0) is 32.6. The highest BCUT2D eigenvalue weighted by atomic mass is 35.5. The summed E-state index contributed by atoms with van der Waals surface area (Å²) in [6, 6.07) is 13.1. The molecule has 0 radical (unpaired) electrons. The van der Waals surface area contributed by atoms with E-state index in [9.17, 15) is 19.5 Å². The van der Waals surface area contributed by atoms with E-state index in [0.29, 0.717) is 43.2 Å². The van der Waals surface area contributed by atoms with Crippen LogP contribution in [0, 0.1) is 11.8 Å². The molecule has 1 spiro atoms. The Kier molecular flexibility index (Phi) is 9.39. The molecule has 4 heterocycles. The van der Waals surface area contributed by atoms with Gasteiger partial charge in [0, 0.05) is 60.0 Å². The average molecular weight is 667 g/mol. The van der Waals surface area contributed by atoms with Crippen LogP contribution in [0.3, 0.4) is 0 Å². The van der Waals surface area contributed by atoms with E-state index >= 15 is 0 Å². The van der Waals surface area contributed by atoms with Gasteiger partial charge in [-0.15, -0.1) is 5.10 Å². The molecule has 2 aromatic carbocycles. The van der Waals surface area contributed by atoms with Crippen LogP contribution < -0.4 is 15.5 Å². The van der Waals surface area contributed by atoms with Crippen LogP contribution >= 0.6 is 11.6 Å². The number of fused-ring (bicyclic) bond motifs is 2. The van der Waals surface area contributed by atoms with Crippen LogP contribution in [-0.4, -0.2) is 70.8 Å². The fourth-order valence-corrected chi connectivity index (χ4v) is 10.4. The van der Waals surface area contributed by atoms with Gasteiger partial charge in [0.25, 0.3) is 5.91 Å². The zero-order valence-electron chi connectivity index (χ0n) is 26.6. The van der Waals surface area contributed by atoms with Crippen molar-refractivity contribution in [2.75, 3.05) is 29.9 Å². The third kappa shape index (κ3) is 6.26. The standard InChI is InChI=1S/C33H43ClN6O5Si/c1-21-30(46(2,3)44)29(12-15-39-20-26(13-16-41)37-38-39)45-33(21)27-17-24(34)8-11-28(27)40(32(33)43)19-22-6-9-25(10-7-22)36-31(42)23-5-4-14-35-18-23/h6-11,17,20-21,23,29-30,35,41,44H,4-5,12-16,18-19H2,1-3H3,(H,36,42)/t21-,23?,29+,30-,33+/m0/s1. The van der Waals surface area contributed by atoms with Gasteiger partial charge in [0.1, 0.15) is 0 Å². The molecule has 2 saturated heterocycles. The fourth-order valence-electron chi connectivity index (χ4n) is 7.61. The van der Waals surface area contributed by atoms with E-state index in [1.165, 1.54) is 0 Å². The number of aryl methyl sites for hydroxylation is 1. The number of anilines is 2. The number of aliphatic hydroxyl groups is 1. The number of amides is 2. The molecule has 3 aliphatic heterocycles. The van der Waals surface area contributed by atoms with E-state index < -0.39 is 20.0 Å². The van der Waals surface area contributed by atoms with E-state index in [1.54, 1.807) is 15.6 Å². The van der Waals surface area contributed by atoms with Crippen LogP contribution in [0.1, 0.15) is 43.0 Å². The summed E-state index contributed by atoms with van der Waals surface area (Å²) < 4.78 is 8.61. The van der Waals surface area contributed by atoms with Gasteiger partial charge in [0.05, 0.1) is 29.9 Å². The molecule has 0 saturated carbocycles. The molecule has 1 unspecified atom stereocenters. The first-order chi connectivity index (χ1) is 22.0. The van der Waals surface area contributed by atoms with Gasteiger partial charge < -0.3 is 30.2 Å². The number of nitrogens with one attached hydrogen (secondary N) is 2. The Morgan fingerprint density at radius 2 is 2.02 bits per heavy atom. The third-order valence-electron chi connectivity index (χ3n) is 9.77. The second-order valence-corrected chi connectivity index (χ2v) is 17.8. The molecule has 11 nitrogen and oxygen atoms in total. The van der Waals surface area contributed by atoms with Crippen LogP contribution in [0.15, 0.2) is 48.7 Å². The van der Waals surface area contributed by atoms with Gasteiger partial charge in [-0.2, -0.15) is 0 Å². The lowest BCUT2D eigenvalue weighted by Crippen LogP contribution is -2.46. The summed E-state index contributed by atoms with van der Waals surface area (Å²) in [6.45, 7) is 8.26. The number of aliphatic hydroxyl groups excluding tert-OH is 1. The van der Waals surface area contributed by atoms with Crippen LogP contribution in [0.25, 0.3) is 0 Å². The highest BCUT2D eigenvalue weighted by Gasteiger charge is 2.66. The van der Waals surface area contributed by atoms with Gasteiger partial charge in [0.2, 0.25) is 5.91 Å². The number of hydrogen-bond donors (Lipinski definition) is 4. The lowest BCUT2D eigenvalue weighted by atomic mass is 9.82. The Hall–Kier alpha value is -3.13. The van der Waals surface area contributed by atoms with Gasteiger partial charge >= 0.3 is 0 Å². The van der Waals surface area contributed by atoms with Crippen molar-refractivity contribution in [3.05, 3.63) is 70.5 Å². The highest BCUT2D eigenvalue weighted by Crippen LogP contribution is 2.60. The number of aromatic nitrogens is 3. The number of rotatable bonds is 10. The van der Waals surface area contributed by atoms with Crippen molar-refractivity contribution in [2.24, 2.45) is 11.8 Å². The molecule has 246 valence electrons. The average Bonchev–Trinajstić information content (AvgIpc) is 3.67. The maximum Gasteiger partial charge on any atom is 0.264 e. The topological polar surface area (TPSA) is 142 Å². The second-order valence-electron chi connectivity index (χ2n) is 13.4. The van der Waals surface area contributed by atoms with Crippen molar-refractivity contribution in [2.45, 2.75) is 76.0 Å². The first-order valence-electron chi connectivity index (χ1n) is 16.1. The van der Waals surface area contributed by atoms with E-state index in [0.717, 1.165) is 41.9 Å². The number of nitrogens with zero attached hydrogens (tertiary/aromatic N) is 4. The van der Waals surface area contributed by atoms with Crippen LogP contribution in [0.5, 0.6) is 0 Å². The Bertz CT molecular complexity index is 1570. The largest absolute Gasteiger partial charge is 0.432 e. The summed E-state index contributed by atoms with van der Waals surface area (Å²) in [7, 11) is -2.83. The molecule has 3 aromatic rings. The van der Waals surface area contributed by atoms with E-state index in [1.807, 2.05) is 62.6 Å². The predicted molar refractivity (Wildman–Crippen MR) is 178 cm³/mol. The maximum atomic E-state index is 14.6. The van der Waals surface area contributed by atoms with Gasteiger partial charge in [-0.1, -0.05) is 35.9 Å². The van der Waals surface area contributed by atoms with E-state index in [2.05, 4.69) is 20.9 Å². The van der Waals surface area contributed by atoms with Crippen molar-refractivity contribution in [1.29, 1.82) is 0 Å². The van der Waals surface area contributed by atoms with Crippen molar-refractivity contribution in [1.82, 2.24) is 20.3 Å². The van der Waals surface area contributed by atoms with Crippen molar-refractivity contribution >= 4 is 43.1 Å². The molecule has 0 bridgehead atoms. The predicted octanol–water partition coefficient (Wildman–Crippen LogP) is 3.84. The SMILES string of the molecule is C[C@H]1[C@H]([Si](C)(C)O)[C@@H](CCn2cc(CCO)nn2)O[C@]12C(=O)N(Cc1ccc(NC(=O)C3CCCNC3)cc1)c1ccc(Cl)cc12. The quantitative estimate of drug-likeness (QED) is 0.239. The Morgan fingerprint density at radius 1 is 1.24 bits per heavy atom. The third-order valence-corrected chi connectivity index (χ3v) is 12.5. The molecule has 13 heteroatoms. The molecule has 6 rings (SSSR count). The van der Waals surface area contributed by atoms with E-state index in [-0.39, 0.29) is 35.8 Å². The summed E-state index contributed by atoms with van der Waals surface area (Å²) >= 11 is 6.53. The fraction of sp³-hybridized carbons (Fsp3) is 0.515.